The number of nitrogen functional groups attached to an aromatic ring is 2. The van der Waals surface area contributed by atoms with Gasteiger partial charge in [-0.05, 0) is 53.2 Å². The quantitative estimate of drug-likeness (QED) is 0.339. The minimum absolute atomic E-state index is 0.0251. The zero-order valence-corrected chi connectivity index (χ0v) is 12.3. The molecule has 5 nitrogen and oxygen atoms in total. The molecule has 0 fully saturated rings. The first-order valence-corrected chi connectivity index (χ1v) is 7.08. The Balaban J connectivity index is 1.87. The molecule has 114 valence electrons. The third-order valence-electron chi connectivity index (χ3n) is 3.58. The lowest BCUT2D eigenvalue weighted by atomic mass is 10.0. The smallest absolute Gasteiger partial charge is 0.255 e. The number of anilines is 2. The number of nitrogens with one attached hydrogen (secondary N) is 2. The second kappa shape index (κ2) is 5.81. The first-order valence-electron chi connectivity index (χ1n) is 7.08. The Morgan fingerprint density at radius 2 is 1.43 bits per heavy atom. The molecule has 0 aliphatic rings. The zero-order chi connectivity index (χ0) is 16.4. The van der Waals surface area contributed by atoms with E-state index in [0.717, 1.165) is 10.8 Å². The number of benzene rings is 3. The SMILES string of the molecule is N=C(N)c1ccc2cc(C(=O)Nc3ccc(N)cc3)ccc2c1. The van der Waals surface area contributed by atoms with Crippen LogP contribution in [0, 0.1) is 5.41 Å². The molecular formula is C18H16N4O. The average molecular weight is 304 g/mol. The van der Waals surface area contributed by atoms with Crippen LogP contribution >= 0.6 is 0 Å². The van der Waals surface area contributed by atoms with Crippen molar-refractivity contribution in [2.45, 2.75) is 0 Å². The van der Waals surface area contributed by atoms with Gasteiger partial charge < -0.3 is 16.8 Å². The summed E-state index contributed by atoms with van der Waals surface area (Å²) in [6, 6.07) is 17.8. The van der Waals surface area contributed by atoms with Crippen molar-refractivity contribution in [3.63, 3.8) is 0 Å². The third-order valence-corrected chi connectivity index (χ3v) is 3.58. The fraction of sp³-hybridized carbons (Fsp3) is 0. The third kappa shape index (κ3) is 3.13. The van der Waals surface area contributed by atoms with Crippen LogP contribution in [0.15, 0.2) is 60.7 Å². The summed E-state index contributed by atoms with van der Waals surface area (Å²) in [5.74, 6) is -0.163. The summed E-state index contributed by atoms with van der Waals surface area (Å²) in [5, 5.41) is 12.1. The van der Waals surface area contributed by atoms with Crippen molar-refractivity contribution in [2.24, 2.45) is 5.73 Å². The van der Waals surface area contributed by atoms with E-state index in [-0.39, 0.29) is 11.7 Å². The van der Waals surface area contributed by atoms with Crippen molar-refractivity contribution in [3.05, 3.63) is 71.8 Å². The van der Waals surface area contributed by atoms with Crippen LogP contribution in [0.1, 0.15) is 15.9 Å². The molecule has 3 aromatic carbocycles. The molecule has 0 aliphatic heterocycles. The summed E-state index contributed by atoms with van der Waals surface area (Å²) >= 11 is 0. The number of carbonyl (C=O) groups excluding carboxylic acids is 1. The highest BCUT2D eigenvalue weighted by Crippen LogP contribution is 2.19. The number of amidine groups is 1. The van der Waals surface area contributed by atoms with Crippen molar-refractivity contribution in [2.75, 3.05) is 11.1 Å². The van der Waals surface area contributed by atoms with Gasteiger partial charge in [0, 0.05) is 22.5 Å². The number of hydrogen-bond donors (Lipinski definition) is 4. The maximum Gasteiger partial charge on any atom is 0.255 e. The number of amides is 1. The summed E-state index contributed by atoms with van der Waals surface area (Å²) in [6.07, 6.45) is 0. The van der Waals surface area contributed by atoms with Crippen LogP contribution < -0.4 is 16.8 Å². The summed E-state index contributed by atoms with van der Waals surface area (Å²) in [7, 11) is 0. The van der Waals surface area contributed by atoms with Crippen molar-refractivity contribution >= 4 is 33.9 Å². The zero-order valence-electron chi connectivity index (χ0n) is 12.3. The van der Waals surface area contributed by atoms with Gasteiger partial charge in [-0.25, -0.2) is 0 Å². The van der Waals surface area contributed by atoms with Crippen LogP contribution in [0.4, 0.5) is 11.4 Å². The molecule has 0 saturated carbocycles. The Morgan fingerprint density at radius 3 is 2.04 bits per heavy atom. The Morgan fingerprint density at radius 1 is 0.870 bits per heavy atom. The van der Waals surface area contributed by atoms with E-state index in [4.69, 9.17) is 16.9 Å². The van der Waals surface area contributed by atoms with E-state index in [2.05, 4.69) is 5.32 Å². The van der Waals surface area contributed by atoms with E-state index in [1.54, 1.807) is 36.4 Å². The molecule has 5 heteroatoms. The highest BCUT2D eigenvalue weighted by Gasteiger charge is 2.08. The number of nitrogens with two attached hydrogens (primary N) is 2. The van der Waals surface area contributed by atoms with E-state index >= 15 is 0 Å². The topological polar surface area (TPSA) is 105 Å². The van der Waals surface area contributed by atoms with E-state index in [9.17, 15) is 4.79 Å². The lowest BCUT2D eigenvalue weighted by Gasteiger charge is -2.07. The van der Waals surface area contributed by atoms with Crippen molar-refractivity contribution < 1.29 is 4.79 Å². The van der Waals surface area contributed by atoms with E-state index in [1.807, 2.05) is 24.3 Å². The Hall–Kier alpha value is -3.34. The molecule has 6 N–H and O–H groups in total. The molecule has 0 saturated heterocycles. The van der Waals surface area contributed by atoms with Gasteiger partial charge in [0.25, 0.3) is 5.91 Å². The van der Waals surface area contributed by atoms with Gasteiger partial charge in [0.15, 0.2) is 0 Å². The van der Waals surface area contributed by atoms with E-state index < -0.39 is 0 Å². The average Bonchev–Trinajstić information content (AvgIpc) is 2.55. The van der Waals surface area contributed by atoms with Crippen LogP contribution in [-0.2, 0) is 0 Å². The van der Waals surface area contributed by atoms with Gasteiger partial charge in [-0.15, -0.1) is 0 Å². The molecule has 0 atom stereocenters. The molecule has 0 unspecified atom stereocenters. The van der Waals surface area contributed by atoms with Crippen LogP contribution in [0.5, 0.6) is 0 Å². The molecule has 3 rings (SSSR count). The second-order valence-electron chi connectivity index (χ2n) is 5.27. The van der Waals surface area contributed by atoms with E-state index in [1.165, 1.54) is 0 Å². The molecule has 23 heavy (non-hydrogen) atoms. The van der Waals surface area contributed by atoms with Gasteiger partial charge in [0.2, 0.25) is 0 Å². The lowest BCUT2D eigenvalue weighted by molar-refractivity contribution is 0.102. The maximum absolute atomic E-state index is 12.3. The lowest BCUT2D eigenvalue weighted by Crippen LogP contribution is -2.12. The first kappa shape index (κ1) is 14.6. The molecule has 0 aromatic heterocycles. The van der Waals surface area contributed by atoms with Crippen molar-refractivity contribution in [1.29, 1.82) is 5.41 Å². The van der Waals surface area contributed by atoms with Gasteiger partial charge >= 0.3 is 0 Å². The fourth-order valence-corrected chi connectivity index (χ4v) is 2.32. The second-order valence-corrected chi connectivity index (χ2v) is 5.27. The first-order chi connectivity index (χ1) is 11.0. The number of rotatable bonds is 3. The van der Waals surface area contributed by atoms with Gasteiger partial charge in [0.05, 0.1) is 0 Å². The Kier molecular flexibility index (Phi) is 3.68. The fourth-order valence-electron chi connectivity index (χ4n) is 2.32. The maximum atomic E-state index is 12.3. The van der Waals surface area contributed by atoms with Crippen LogP contribution in [-0.4, -0.2) is 11.7 Å². The van der Waals surface area contributed by atoms with Gasteiger partial charge in [-0.3, -0.25) is 10.2 Å². The predicted octanol–water partition coefficient (Wildman–Crippen LogP) is 2.96. The minimum atomic E-state index is -0.188. The minimum Gasteiger partial charge on any atom is -0.399 e. The van der Waals surface area contributed by atoms with Crippen molar-refractivity contribution in [3.8, 4) is 0 Å². The molecule has 1 amide bonds. The van der Waals surface area contributed by atoms with Gasteiger partial charge in [-0.1, -0.05) is 18.2 Å². The molecule has 0 heterocycles. The Labute approximate surface area is 133 Å². The molecular weight excluding hydrogens is 288 g/mol. The van der Waals surface area contributed by atoms with E-state index in [0.29, 0.717) is 22.5 Å². The number of hydrogen-bond acceptors (Lipinski definition) is 3. The van der Waals surface area contributed by atoms with Crippen LogP contribution in [0.3, 0.4) is 0 Å². The Bertz CT molecular complexity index is 901. The molecule has 0 bridgehead atoms. The highest BCUT2D eigenvalue weighted by molar-refractivity contribution is 6.07. The van der Waals surface area contributed by atoms with Gasteiger partial charge in [-0.2, -0.15) is 0 Å². The summed E-state index contributed by atoms with van der Waals surface area (Å²) < 4.78 is 0. The number of carbonyl (C=O) groups is 1. The van der Waals surface area contributed by atoms with Crippen molar-refractivity contribution in [1.82, 2.24) is 0 Å². The molecule has 3 aromatic rings. The molecule has 0 spiro atoms. The highest BCUT2D eigenvalue weighted by atomic mass is 16.1. The monoisotopic (exact) mass is 304 g/mol. The van der Waals surface area contributed by atoms with Crippen LogP contribution in [0.25, 0.3) is 10.8 Å². The standard InChI is InChI=1S/C18H16N4O/c19-15-5-7-16(8-6-15)22-18(23)14-4-2-11-9-13(17(20)21)3-1-12(11)10-14/h1-10H,19H2,(H3,20,21)(H,22,23). The summed E-state index contributed by atoms with van der Waals surface area (Å²) in [5.41, 5.74) is 13.7. The largest absolute Gasteiger partial charge is 0.399 e. The van der Waals surface area contributed by atoms with Crippen LogP contribution in [0.2, 0.25) is 0 Å². The predicted molar refractivity (Wildman–Crippen MR) is 93.8 cm³/mol. The normalized spacial score (nSPS) is 10.4. The summed E-state index contributed by atoms with van der Waals surface area (Å²) in [4.78, 5) is 12.3. The molecule has 0 radical (unpaired) electrons. The van der Waals surface area contributed by atoms with Gasteiger partial charge in [0.1, 0.15) is 5.84 Å². The molecule has 0 aliphatic carbocycles. The summed E-state index contributed by atoms with van der Waals surface area (Å²) in [6.45, 7) is 0. The number of fused-ring (bicyclic) bond motifs is 1.